The first-order chi connectivity index (χ1) is 12.9. The first-order valence-corrected chi connectivity index (χ1v) is 8.69. The summed E-state index contributed by atoms with van der Waals surface area (Å²) in [6, 6.07) is 8.26. The number of primary amides is 1. The summed E-state index contributed by atoms with van der Waals surface area (Å²) in [7, 11) is 1.48. The van der Waals surface area contributed by atoms with Crippen molar-refractivity contribution in [3.63, 3.8) is 0 Å². The molecule has 0 fully saturated rings. The highest BCUT2D eigenvalue weighted by Crippen LogP contribution is 2.39. The zero-order valence-corrected chi connectivity index (χ0v) is 16.2. The minimum Gasteiger partial charge on any atom is -0.493 e. The summed E-state index contributed by atoms with van der Waals surface area (Å²) in [5.41, 5.74) is 6.66. The van der Waals surface area contributed by atoms with Gasteiger partial charge in [0.25, 0.3) is 5.91 Å². The molecular weight excluding hydrogens is 415 g/mol. The molecule has 0 spiro atoms. The van der Waals surface area contributed by atoms with E-state index in [4.69, 9.17) is 50.0 Å². The van der Waals surface area contributed by atoms with Crippen molar-refractivity contribution in [3.05, 3.63) is 56.7 Å². The number of nitrogens with zero attached hydrogens (tertiary/aromatic N) is 2. The lowest BCUT2D eigenvalue weighted by molar-refractivity contribution is 0.0996. The molecule has 0 aliphatic carbocycles. The van der Waals surface area contributed by atoms with Gasteiger partial charge in [0.05, 0.1) is 12.1 Å². The van der Waals surface area contributed by atoms with Crippen LogP contribution in [0.2, 0.25) is 15.1 Å². The number of halogens is 3. The van der Waals surface area contributed by atoms with E-state index in [0.29, 0.717) is 27.1 Å². The highest BCUT2D eigenvalue weighted by Gasteiger charge is 2.20. The van der Waals surface area contributed by atoms with Crippen molar-refractivity contribution in [3.8, 4) is 22.8 Å². The molecule has 2 aromatic carbocycles. The summed E-state index contributed by atoms with van der Waals surface area (Å²) >= 11 is 18.4. The molecule has 3 N–H and O–H groups in total. The van der Waals surface area contributed by atoms with E-state index in [1.807, 2.05) is 0 Å². The van der Waals surface area contributed by atoms with Crippen LogP contribution in [0, 0.1) is 0 Å². The van der Waals surface area contributed by atoms with Gasteiger partial charge in [-0.1, -0.05) is 40.9 Å². The lowest BCUT2D eigenvalue weighted by Crippen LogP contribution is -2.12. The number of nitrogens with one attached hydrogen (secondary N) is 1. The van der Waals surface area contributed by atoms with Gasteiger partial charge in [0.15, 0.2) is 17.2 Å². The molecule has 0 saturated heterocycles. The van der Waals surface area contributed by atoms with Gasteiger partial charge in [-0.2, -0.15) is 15.4 Å². The highest BCUT2D eigenvalue weighted by atomic mass is 35.5. The average Bonchev–Trinajstić information content (AvgIpc) is 3.11. The van der Waals surface area contributed by atoms with Gasteiger partial charge < -0.3 is 15.2 Å². The van der Waals surface area contributed by atoms with Gasteiger partial charge in [-0.05, 0) is 18.2 Å². The van der Waals surface area contributed by atoms with Crippen molar-refractivity contribution in [2.45, 2.75) is 6.61 Å². The fraction of sp³-hybridized carbons (Fsp3) is 0.118. The number of rotatable bonds is 6. The quantitative estimate of drug-likeness (QED) is 0.616. The van der Waals surface area contributed by atoms with Crippen molar-refractivity contribution >= 4 is 40.7 Å². The summed E-state index contributed by atoms with van der Waals surface area (Å²) in [6.07, 6.45) is 0. The number of aromatic amines is 1. The number of hydrogen-bond donors (Lipinski definition) is 2. The Morgan fingerprint density at radius 2 is 1.89 bits per heavy atom. The molecule has 1 amide bonds. The number of nitrogens with two attached hydrogens (primary N) is 1. The molecule has 0 radical (unpaired) electrons. The molecule has 0 unspecified atom stereocenters. The van der Waals surface area contributed by atoms with Gasteiger partial charge in [0, 0.05) is 27.2 Å². The van der Waals surface area contributed by atoms with E-state index in [0.717, 1.165) is 5.56 Å². The molecule has 0 aliphatic rings. The zero-order chi connectivity index (χ0) is 19.6. The first-order valence-electron chi connectivity index (χ1n) is 7.56. The van der Waals surface area contributed by atoms with Gasteiger partial charge >= 0.3 is 0 Å². The molecule has 10 heteroatoms. The number of amides is 1. The normalized spacial score (nSPS) is 10.7. The molecule has 0 atom stereocenters. The van der Waals surface area contributed by atoms with E-state index in [9.17, 15) is 4.79 Å². The number of hydrogen-bond acceptors (Lipinski definition) is 5. The van der Waals surface area contributed by atoms with Crippen LogP contribution in [0.5, 0.6) is 11.5 Å². The van der Waals surface area contributed by atoms with Crippen molar-refractivity contribution in [1.29, 1.82) is 0 Å². The number of ether oxygens (including phenoxy) is 2. The number of carbonyl (C=O) groups excluding carboxylic acids is 1. The predicted molar refractivity (Wildman–Crippen MR) is 103 cm³/mol. The molecule has 0 saturated carbocycles. The Balaban J connectivity index is 1.92. The van der Waals surface area contributed by atoms with Crippen LogP contribution < -0.4 is 15.2 Å². The molecule has 7 nitrogen and oxygen atoms in total. The van der Waals surface area contributed by atoms with E-state index in [1.54, 1.807) is 30.3 Å². The van der Waals surface area contributed by atoms with Crippen molar-refractivity contribution in [1.82, 2.24) is 15.4 Å². The van der Waals surface area contributed by atoms with Crippen molar-refractivity contribution < 1.29 is 14.3 Å². The van der Waals surface area contributed by atoms with Gasteiger partial charge in [-0.3, -0.25) is 4.79 Å². The first kappa shape index (κ1) is 19.3. The van der Waals surface area contributed by atoms with E-state index in [-0.39, 0.29) is 23.0 Å². The summed E-state index contributed by atoms with van der Waals surface area (Å²) in [5, 5.41) is 11.3. The molecule has 0 bridgehead atoms. The fourth-order valence-corrected chi connectivity index (χ4v) is 3.08. The van der Waals surface area contributed by atoms with Crippen LogP contribution in [-0.4, -0.2) is 28.4 Å². The van der Waals surface area contributed by atoms with E-state index < -0.39 is 5.91 Å². The monoisotopic (exact) mass is 426 g/mol. The Morgan fingerprint density at radius 3 is 2.56 bits per heavy atom. The van der Waals surface area contributed by atoms with E-state index in [1.165, 1.54) is 7.11 Å². The highest BCUT2D eigenvalue weighted by molar-refractivity contribution is 6.35. The molecular formula is C17H13Cl3N4O3. The second kappa shape index (κ2) is 8.04. The minimum atomic E-state index is -0.730. The molecule has 0 aliphatic heterocycles. The second-order valence-corrected chi connectivity index (χ2v) is 6.64. The standard InChI is InChI=1S/C17H13Cl3N4O3/c1-26-13-5-10(15-16(17(21)25)23-24-22-15)12(20)6-14(13)27-7-8-2-3-9(18)4-11(8)19/h2-6H,7H2,1H3,(H2,21,25)(H,22,23,24). The Hall–Kier alpha value is -2.48. The zero-order valence-electron chi connectivity index (χ0n) is 13.9. The maximum absolute atomic E-state index is 11.5. The lowest BCUT2D eigenvalue weighted by atomic mass is 10.1. The summed E-state index contributed by atoms with van der Waals surface area (Å²) in [4.78, 5) is 11.5. The third-order valence-corrected chi connectivity index (χ3v) is 4.59. The van der Waals surface area contributed by atoms with Crippen LogP contribution in [0.25, 0.3) is 11.3 Å². The summed E-state index contributed by atoms with van der Waals surface area (Å²) in [5.74, 6) is 0.0470. The summed E-state index contributed by atoms with van der Waals surface area (Å²) in [6.45, 7) is 0.179. The second-order valence-electron chi connectivity index (χ2n) is 5.39. The topological polar surface area (TPSA) is 103 Å². The number of carbonyl (C=O) groups is 1. The molecule has 140 valence electrons. The van der Waals surface area contributed by atoms with Crippen LogP contribution in [-0.2, 0) is 6.61 Å². The minimum absolute atomic E-state index is 0.0273. The van der Waals surface area contributed by atoms with Gasteiger partial charge in [-0.25, -0.2) is 0 Å². The van der Waals surface area contributed by atoms with Crippen molar-refractivity contribution in [2.75, 3.05) is 7.11 Å². The molecule has 1 heterocycles. The third kappa shape index (κ3) is 4.10. The smallest absolute Gasteiger partial charge is 0.271 e. The predicted octanol–water partition coefficient (Wildman–Crippen LogP) is 4.12. The maximum atomic E-state index is 11.5. The lowest BCUT2D eigenvalue weighted by Gasteiger charge is -2.14. The van der Waals surface area contributed by atoms with Crippen LogP contribution >= 0.6 is 34.8 Å². The molecule has 27 heavy (non-hydrogen) atoms. The van der Waals surface area contributed by atoms with Crippen LogP contribution in [0.3, 0.4) is 0 Å². The number of H-pyrrole nitrogens is 1. The summed E-state index contributed by atoms with van der Waals surface area (Å²) < 4.78 is 11.2. The van der Waals surface area contributed by atoms with Gasteiger partial charge in [0.2, 0.25) is 0 Å². The SMILES string of the molecule is COc1cc(-c2n[nH]nc2C(N)=O)c(Cl)cc1OCc1ccc(Cl)cc1Cl. The fourth-order valence-electron chi connectivity index (χ4n) is 2.37. The number of aromatic nitrogens is 3. The molecule has 1 aromatic heterocycles. The van der Waals surface area contributed by atoms with Crippen LogP contribution in [0.1, 0.15) is 16.1 Å². The largest absolute Gasteiger partial charge is 0.493 e. The third-order valence-electron chi connectivity index (χ3n) is 3.69. The molecule has 3 rings (SSSR count). The van der Waals surface area contributed by atoms with Crippen LogP contribution in [0.4, 0.5) is 0 Å². The van der Waals surface area contributed by atoms with Gasteiger partial charge in [0.1, 0.15) is 12.3 Å². The van der Waals surface area contributed by atoms with Crippen molar-refractivity contribution in [2.24, 2.45) is 5.73 Å². The molecule has 3 aromatic rings. The van der Waals surface area contributed by atoms with E-state index >= 15 is 0 Å². The Morgan fingerprint density at radius 1 is 1.11 bits per heavy atom. The average molecular weight is 428 g/mol. The Bertz CT molecular complexity index is 1010. The van der Waals surface area contributed by atoms with Crippen LogP contribution in [0.15, 0.2) is 30.3 Å². The Kier molecular flexibility index (Phi) is 5.74. The number of benzene rings is 2. The maximum Gasteiger partial charge on any atom is 0.271 e. The number of methoxy groups -OCH3 is 1. The van der Waals surface area contributed by atoms with Gasteiger partial charge in [-0.15, -0.1) is 0 Å². The van der Waals surface area contributed by atoms with E-state index in [2.05, 4.69) is 15.4 Å². The Labute approximate surface area is 169 Å².